The van der Waals surface area contributed by atoms with Crippen LogP contribution in [0.3, 0.4) is 0 Å². The Balaban J connectivity index is 1.39. The van der Waals surface area contributed by atoms with Gasteiger partial charge in [0, 0.05) is 15.9 Å². The second-order valence-electron chi connectivity index (χ2n) is 7.82. The van der Waals surface area contributed by atoms with E-state index >= 15 is 0 Å². The van der Waals surface area contributed by atoms with Crippen molar-refractivity contribution in [2.24, 2.45) is 0 Å². The lowest BCUT2D eigenvalue weighted by Gasteiger charge is -2.10. The number of fused-ring (bicyclic) bond motifs is 1. The average molecular weight is 572 g/mol. The van der Waals surface area contributed by atoms with Gasteiger partial charge >= 0.3 is 0 Å². The summed E-state index contributed by atoms with van der Waals surface area (Å²) in [6, 6.07) is 9.44. The van der Waals surface area contributed by atoms with Crippen LogP contribution in [0.2, 0.25) is 0 Å². The van der Waals surface area contributed by atoms with Crippen LogP contribution in [0.5, 0.6) is 0 Å². The number of nitriles is 1. The largest absolute Gasteiger partial charge is 0.345 e. The highest BCUT2D eigenvalue weighted by Crippen LogP contribution is 2.37. The molecule has 8 nitrogen and oxygen atoms in total. The van der Waals surface area contributed by atoms with Crippen LogP contribution in [0.4, 0.5) is 5.00 Å². The van der Waals surface area contributed by atoms with Crippen LogP contribution < -0.4 is 10.6 Å². The first-order chi connectivity index (χ1) is 17.0. The molecule has 0 spiro atoms. The van der Waals surface area contributed by atoms with Crippen molar-refractivity contribution < 1.29 is 9.59 Å². The first kappa shape index (κ1) is 25.2. The number of halogens is 1. The second-order valence-corrected chi connectivity index (χ2v) is 10.7. The Bertz CT molecular complexity index is 1310. The number of rotatable bonds is 9. The molecule has 0 saturated heterocycles. The monoisotopic (exact) mass is 570 g/mol. The Kier molecular flexibility index (Phi) is 8.38. The molecule has 0 unspecified atom stereocenters. The number of thiophene rings is 1. The molecule has 2 amide bonds. The fraction of sp³-hybridized carbons (Fsp3) is 0.292. The van der Waals surface area contributed by atoms with Crippen LogP contribution >= 0.6 is 39.0 Å². The number of aromatic nitrogens is 3. The number of hydrogen-bond acceptors (Lipinski definition) is 7. The van der Waals surface area contributed by atoms with Crippen LogP contribution in [0.15, 0.2) is 46.5 Å². The van der Waals surface area contributed by atoms with Gasteiger partial charge in [0.25, 0.3) is 5.91 Å². The molecular weight excluding hydrogens is 548 g/mol. The highest BCUT2D eigenvalue weighted by atomic mass is 79.9. The van der Waals surface area contributed by atoms with E-state index in [1.807, 2.05) is 10.6 Å². The van der Waals surface area contributed by atoms with Gasteiger partial charge in [0.1, 0.15) is 11.1 Å². The first-order valence-electron chi connectivity index (χ1n) is 11.0. The zero-order chi connectivity index (χ0) is 24.8. The van der Waals surface area contributed by atoms with E-state index in [1.165, 1.54) is 28.0 Å². The molecule has 1 aromatic carbocycles. The maximum Gasteiger partial charge on any atom is 0.252 e. The minimum atomic E-state index is -0.230. The lowest BCUT2D eigenvalue weighted by Crippen LogP contribution is -2.25. The Morgan fingerprint density at radius 3 is 2.86 bits per heavy atom. The number of nitrogens with zero attached hydrogens (tertiary/aromatic N) is 4. The highest BCUT2D eigenvalue weighted by molar-refractivity contribution is 9.10. The van der Waals surface area contributed by atoms with Crippen LogP contribution in [0.1, 0.15) is 45.0 Å². The quantitative estimate of drug-likeness (QED) is 0.285. The third kappa shape index (κ3) is 5.83. The summed E-state index contributed by atoms with van der Waals surface area (Å²) in [5.41, 5.74) is 2.22. The van der Waals surface area contributed by atoms with Crippen molar-refractivity contribution in [3.8, 4) is 6.07 Å². The van der Waals surface area contributed by atoms with Gasteiger partial charge in [0.15, 0.2) is 11.0 Å². The number of amides is 2. The molecule has 2 heterocycles. The van der Waals surface area contributed by atoms with Crippen molar-refractivity contribution in [2.45, 2.75) is 43.9 Å². The van der Waals surface area contributed by atoms with Crippen LogP contribution in [-0.2, 0) is 30.7 Å². The molecule has 180 valence electrons. The fourth-order valence-corrected chi connectivity index (χ4v) is 6.32. The third-order valence-corrected chi connectivity index (χ3v) is 8.36. The van der Waals surface area contributed by atoms with E-state index in [2.05, 4.69) is 49.4 Å². The fourth-order valence-electron chi connectivity index (χ4n) is 3.83. The minimum absolute atomic E-state index is 0.117. The average Bonchev–Trinajstić information content (AvgIpc) is 3.41. The first-order valence-corrected chi connectivity index (χ1v) is 13.6. The molecule has 0 saturated carbocycles. The van der Waals surface area contributed by atoms with Crippen LogP contribution in [0.25, 0.3) is 0 Å². The summed E-state index contributed by atoms with van der Waals surface area (Å²) in [6.07, 6.45) is 5.76. The van der Waals surface area contributed by atoms with Gasteiger partial charge in [-0.05, 0) is 59.3 Å². The van der Waals surface area contributed by atoms with Crippen molar-refractivity contribution in [3.63, 3.8) is 0 Å². The molecule has 11 heteroatoms. The number of benzene rings is 1. The minimum Gasteiger partial charge on any atom is -0.345 e. The Morgan fingerprint density at radius 1 is 1.29 bits per heavy atom. The molecule has 0 fully saturated rings. The maximum absolute atomic E-state index is 12.7. The molecule has 0 radical (unpaired) electrons. The molecule has 4 rings (SSSR count). The number of carbonyl (C=O) groups is 2. The zero-order valence-corrected chi connectivity index (χ0v) is 22.1. The van der Waals surface area contributed by atoms with Crippen molar-refractivity contribution in [2.75, 3.05) is 11.1 Å². The molecule has 3 aromatic rings. The highest BCUT2D eigenvalue weighted by Gasteiger charge is 2.22. The summed E-state index contributed by atoms with van der Waals surface area (Å²) in [7, 11) is 0. The van der Waals surface area contributed by atoms with E-state index in [1.54, 1.807) is 24.3 Å². The van der Waals surface area contributed by atoms with E-state index in [4.69, 9.17) is 0 Å². The number of thioether (sulfide) groups is 1. The Morgan fingerprint density at radius 2 is 2.09 bits per heavy atom. The number of allylic oxidation sites excluding steroid dienone is 1. The van der Waals surface area contributed by atoms with E-state index in [9.17, 15) is 14.9 Å². The smallest absolute Gasteiger partial charge is 0.252 e. The van der Waals surface area contributed by atoms with Crippen LogP contribution in [-0.4, -0.2) is 32.3 Å². The summed E-state index contributed by atoms with van der Waals surface area (Å²) < 4.78 is 2.52. The SMILES string of the molecule is C=CCn1c(CNC(=O)c2ccccc2Br)nnc1SCC(=O)Nc1sc2c(c1C#N)CCCC2. The predicted octanol–water partition coefficient (Wildman–Crippen LogP) is 4.70. The molecule has 1 aliphatic rings. The summed E-state index contributed by atoms with van der Waals surface area (Å²) in [4.78, 5) is 26.4. The van der Waals surface area contributed by atoms with Gasteiger partial charge in [-0.25, -0.2) is 0 Å². The standard InChI is InChI=1S/C24H23BrN6O2S2/c1-2-11-31-20(13-27-22(33)16-8-3-5-9-18(16)25)29-30-24(31)34-14-21(32)28-23-17(12-26)15-7-4-6-10-19(15)35-23/h2-3,5,8-9H,1,4,6-7,10-11,13-14H2,(H,27,33)(H,28,32). The molecule has 0 aliphatic heterocycles. The molecule has 1 aliphatic carbocycles. The molecule has 0 bridgehead atoms. The van der Waals surface area contributed by atoms with Crippen molar-refractivity contribution in [1.82, 2.24) is 20.1 Å². The van der Waals surface area contributed by atoms with E-state index < -0.39 is 0 Å². The lowest BCUT2D eigenvalue weighted by atomic mass is 9.96. The van der Waals surface area contributed by atoms with Gasteiger partial charge in [-0.2, -0.15) is 5.26 Å². The second kappa shape index (κ2) is 11.7. The number of nitrogens with one attached hydrogen (secondary N) is 2. The topological polar surface area (TPSA) is 113 Å². The summed E-state index contributed by atoms with van der Waals surface area (Å²) >= 11 is 6.14. The van der Waals surface area contributed by atoms with E-state index in [0.29, 0.717) is 38.1 Å². The number of aryl methyl sites for hydroxylation is 1. The van der Waals surface area contributed by atoms with Gasteiger partial charge in [-0.15, -0.1) is 28.1 Å². The van der Waals surface area contributed by atoms with Crippen molar-refractivity contribution in [1.29, 1.82) is 5.26 Å². The van der Waals surface area contributed by atoms with E-state index in [-0.39, 0.29) is 24.1 Å². The summed E-state index contributed by atoms with van der Waals surface area (Å²) in [6.45, 7) is 4.40. The van der Waals surface area contributed by atoms with Gasteiger partial charge < -0.3 is 15.2 Å². The molecule has 2 aromatic heterocycles. The normalized spacial score (nSPS) is 12.5. The molecule has 0 atom stereocenters. The summed E-state index contributed by atoms with van der Waals surface area (Å²) in [5.74, 6) is 0.241. The van der Waals surface area contributed by atoms with Gasteiger partial charge in [-0.3, -0.25) is 9.59 Å². The molecular formula is C24H23BrN6O2S2. The predicted molar refractivity (Wildman–Crippen MR) is 141 cm³/mol. The lowest BCUT2D eigenvalue weighted by molar-refractivity contribution is -0.113. The Labute approximate surface area is 220 Å². The Hall–Kier alpha value is -2.94. The maximum atomic E-state index is 12.7. The number of anilines is 1. The number of carbonyl (C=O) groups excluding carboxylic acids is 2. The van der Waals surface area contributed by atoms with Gasteiger partial charge in [0.2, 0.25) is 5.91 Å². The zero-order valence-electron chi connectivity index (χ0n) is 18.8. The van der Waals surface area contributed by atoms with Gasteiger partial charge in [-0.1, -0.05) is 30.0 Å². The van der Waals surface area contributed by atoms with Crippen molar-refractivity contribution in [3.05, 3.63) is 68.8 Å². The van der Waals surface area contributed by atoms with Crippen molar-refractivity contribution >= 4 is 55.8 Å². The van der Waals surface area contributed by atoms with Crippen LogP contribution in [0, 0.1) is 11.3 Å². The molecule has 35 heavy (non-hydrogen) atoms. The van der Waals surface area contributed by atoms with E-state index in [0.717, 1.165) is 31.2 Å². The molecule has 2 N–H and O–H groups in total. The number of hydrogen-bond donors (Lipinski definition) is 2. The summed E-state index contributed by atoms with van der Waals surface area (Å²) in [5, 5.41) is 25.0. The van der Waals surface area contributed by atoms with Gasteiger partial charge in [0.05, 0.1) is 23.4 Å². The third-order valence-electron chi connectivity index (χ3n) is 5.50.